The molecule has 4 heteroatoms. The van der Waals surface area contributed by atoms with Crippen molar-refractivity contribution in [2.75, 3.05) is 18.0 Å². The second kappa shape index (κ2) is 7.40. The Morgan fingerprint density at radius 1 is 1.28 bits per heavy atom. The van der Waals surface area contributed by atoms with Crippen LogP contribution in [0.3, 0.4) is 0 Å². The molecule has 0 aromatic heterocycles. The molecule has 0 spiro atoms. The van der Waals surface area contributed by atoms with Crippen molar-refractivity contribution in [3.05, 3.63) is 65.0 Å². The van der Waals surface area contributed by atoms with Gasteiger partial charge in [0.05, 0.1) is 0 Å². The van der Waals surface area contributed by atoms with Crippen molar-refractivity contribution in [3.63, 3.8) is 0 Å². The van der Waals surface area contributed by atoms with Crippen LogP contribution in [0.15, 0.2) is 42.5 Å². The number of anilines is 1. The van der Waals surface area contributed by atoms with E-state index in [9.17, 15) is 9.18 Å². The topological polar surface area (TPSA) is 32.3 Å². The molecule has 1 fully saturated rings. The Morgan fingerprint density at radius 2 is 2.04 bits per heavy atom. The van der Waals surface area contributed by atoms with E-state index in [0.717, 1.165) is 42.7 Å². The second-order valence-electron chi connectivity index (χ2n) is 6.41. The number of carbonyl (C=O) groups is 1. The molecule has 1 heterocycles. The highest BCUT2D eigenvalue weighted by Gasteiger charge is 2.23. The average Bonchev–Trinajstić information content (AvgIpc) is 2.62. The number of halogens is 1. The number of terminal acetylenes is 1. The van der Waals surface area contributed by atoms with Gasteiger partial charge in [-0.1, -0.05) is 5.92 Å². The standard InChI is InChI=1S/C21H21FN2O/c1-3-16-6-8-17(9-7-16)21(25)23-19-5-4-12-24(14-19)20-11-10-18(22)13-15(20)2/h1,6-11,13,19H,4-5,12,14H2,2H3,(H,23,25). The van der Waals surface area contributed by atoms with Crippen LogP contribution in [0, 0.1) is 25.1 Å². The van der Waals surface area contributed by atoms with Gasteiger partial charge in [-0.3, -0.25) is 4.79 Å². The smallest absolute Gasteiger partial charge is 0.251 e. The fourth-order valence-corrected chi connectivity index (χ4v) is 3.27. The zero-order valence-corrected chi connectivity index (χ0v) is 14.3. The highest BCUT2D eigenvalue weighted by molar-refractivity contribution is 5.94. The van der Waals surface area contributed by atoms with Gasteiger partial charge in [-0.05, 0) is 67.8 Å². The Balaban J connectivity index is 1.66. The molecule has 1 saturated heterocycles. The van der Waals surface area contributed by atoms with Crippen molar-refractivity contribution in [1.82, 2.24) is 5.32 Å². The first-order chi connectivity index (χ1) is 12.1. The molecule has 1 unspecified atom stereocenters. The highest BCUT2D eigenvalue weighted by Crippen LogP contribution is 2.24. The van der Waals surface area contributed by atoms with E-state index < -0.39 is 0 Å². The summed E-state index contributed by atoms with van der Waals surface area (Å²) < 4.78 is 13.3. The lowest BCUT2D eigenvalue weighted by atomic mass is 10.0. The van der Waals surface area contributed by atoms with E-state index in [1.165, 1.54) is 6.07 Å². The normalized spacial score (nSPS) is 17.0. The lowest BCUT2D eigenvalue weighted by Crippen LogP contribution is -2.48. The molecular formula is C21H21FN2O. The Bertz CT molecular complexity index is 808. The number of piperidine rings is 1. The minimum absolute atomic E-state index is 0.0676. The maximum absolute atomic E-state index is 13.3. The number of carbonyl (C=O) groups excluding carboxylic acids is 1. The van der Waals surface area contributed by atoms with Crippen molar-refractivity contribution in [1.29, 1.82) is 0 Å². The number of rotatable bonds is 3. The third-order valence-electron chi connectivity index (χ3n) is 4.57. The van der Waals surface area contributed by atoms with Crippen molar-refractivity contribution < 1.29 is 9.18 Å². The largest absolute Gasteiger partial charge is 0.369 e. The first kappa shape index (κ1) is 17.0. The maximum Gasteiger partial charge on any atom is 0.251 e. The van der Waals surface area contributed by atoms with E-state index in [-0.39, 0.29) is 17.8 Å². The summed E-state index contributed by atoms with van der Waals surface area (Å²) in [6.07, 6.45) is 7.26. The molecule has 1 atom stereocenters. The summed E-state index contributed by atoms with van der Waals surface area (Å²) in [6.45, 7) is 3.55. The lowest BCUT2D eigenvalue weighted by Gasteiger charge is -2.35. The van der Waals surface area contributed by atoms with Gasteiger partial charge >= 0.3 is 0 Å². The molecule has 0 aliphatic carbocycles. The van der Waals surface area contributed by atoms with Crippen LogP contribution in [0.2, 0.25) is 0 Å². The van der Waals surface area contributed by atoms with E-state index in [1.807, 2.05) is 13.0 Å². The molecule has 1 amide bonds. The molecule has 2 aromatic rings. The minimum Gasteiger partial charge on any atom is -0.369 e. The summed E-state index contributed by atoms with van der Waals surface area (Å²) in [6, 6.07) is 11.9. The molecule has 2 aromatic carbocycles. The summed E-state index contributed by atoms with van der Waals surface area (Å²) in [5, 5.41) is 3.10. The fraction of sp³-hybridized carbons (Fsp3) is 0.286. The molecule has 3 nitrogen and oxygen atoms in total. The summed E-state index contributed by atoms with van der Waals surface area (Å²) in [4.78, 5) is 14.6. The van der Waals surface area contributed by atoms with Crippen molar-refractivity contribution in [2.24, 2.45) is 0 Å². The zero-order chi connectivity index (χ0) is 17.8. The van der Waals surface area contributed by atoms with Gasteiger partial charge in [0.15, 0.2) is 0 Å². The van der Waals surface area contributed by atoms with Gasteiger partial charge in [-0.25, -0.2) is 4.39 Å². The van der Waals surface area contributed by atoms with Gasteiger partial charge in [0.1, 0.15) is 5.82 Å². The van der Waals surface area contributed by atoms with Crippen LogP contribution in [-0.2, 0) is 0 Å². The van der Waals surface area contributed by atoms with Crippen molar-refractivity contribution in [2.45, 2.75) is 25.8 Å². The molecular weight excluding hydrogens is 315 g/mol. The maximum atomic E-state index is 13.3. The summed E-state index contributed by atoms with van der Waals surface area (Å²) >= 11 is 0. The first-order valence-corrected chi connectivity index (χ1v) is 8.45. The monoisotopic (exact) mass is 336 g/mol. The van der Waals surface area contributed by atoms with Gasteiger partial charge < -0.3 is 10.2 Å². The summed E-state index contributed by atoms with van der Waals surface area (Å²) in [7, 11) is 0. The molecule has 25 heavy (non-hydrogen) atoms. The number of amides is 1. The average molecular weight is 336 g/mol. The van der Waals surface area contributed by atoms with Gasteiger partial charge in [0, 0.05) is 35.9 Å². The third kappa shape index (κ3) is 4.00. The highest BCUT2D eigenvalue weighted by atomic mass is 19.1. The van der Waals surface area contributed by atoms with Gasteiger partial charge in [-0.2, -0.15) is 0 Å². The van der Waals surface area contributed by atoms with Gasteiger partial charge in [0.2, 0.25) is 0 Å². The summed E-state index contributed by atoms with van der Waals surface area (Å²) in [5.41, 5.74) is 3.30. The Kier molecular flexibility index (Phi) is 5.04. The molecule has 3 rings (SSSR count). The van der Waals surface area contributed by atoms with Crippen LogP contribution >= 0.6 is 0 Å². The Labute approximate surface area is 147 Å². The van der Waals surface area contributed by atoms with Crippen molar-refractivity contribution >= 4 is 11.6 Å². The van der Waals surface area contributed by atoms with Crippen LogP contribution in [0.1, 0.15) is 34.3 Å². The van der Waals surface area contributed by atoms with E-state index >= 15 is 0 Å². The Morgan fingerprint density at radius 3 is 2.72 bits per heavy atom. The van der Waals surface area contributed by atoms with Crippen LogP contribution in [-0.4, -0.2) is 25.0 Å². The van der Waals surface area contributed by atoms with Crippen LogP contribution in [0.25, 0.3) is 0 Å². The summed E-state index contributed by atoms with van der Waals surface area (Å²) in [5.74, 6) is 2.23. The predicted molar refractivity (Wildman–Crippen MR) is 98.2 cm³/mol. The van der Waals surface area contributed by atoms with Crippen LogP contribution in [0.5, 0.6) is 0 Å². The minimum atomic E-state index is -0.224. The molecule has 1 aliphatic rings. The van der Waals surface area contributed by atoms with E-state index in [1.54, 1.807) is 30.3 Å². The van der Waals surface area contributed by atoms with E-state index in [0.29, 0.717) is 5.56 Å². The Hall–Kier alpha value is -2.80. The first-order valence-electron chi connectivity index (χ1n) is 8.45. The van der Waals surface area contributed by atoms with Crippen LogP contribution in [0.4, 0.5) is 10.1 Å². The molecule has 128 valence electrons. The fourth-order valence-electron chi connectivity index (χ4n) is 3.27. The number of aryl methyl sites for hydroxylation is 1. The van der Waals surface area contributed by atoms with E-state index in [4.69, 9.17) is 6.42 Å². The zero-order valence-electron chi connectivity index (χ0n) is 14.3. The second-order valence-corrected chi connectivity index (χ2v) is 6.41. The molecule has 0 saturated carbocycles. The quantitative estimate of drug-likeness (QED) is 0.870. The number of nitrogens with one attached hydrogen (secondary N) is 1. The lowest BCUT2D eigenvalue weighted by molar-refractivity contribution is 0.0933. The number of hydrogen-bond acceptors (Lipinski definition) is 2. The van der Waals surface area contributed by atoms with Gasteiger partial charge in [0.25, 0.3) is 5.91 Å². The third-order valence-corrected chi connectivity index (χ3v) is 4.57. The molecule has 1 N–H and O–H groups in total. The number of hydrogen-bond donors (Lipinski definition) is 1. The number of benzene rings is 2. The molecule has 1 aliphatic heterocycles. The molecule has 0 radical (unpaired) electrons. The number of nitrogens with zero attached hydrogens (tertiary/aromatic N) is 1. The van der Waals surface area contributed by atoms with Gasteiger partial charge in [-0.15, -0.1) is 6.42 Å². The molecule has 0 bridgehead atoms. The SMILES string of the molecule is C#Cc1ccc(C(=O)NC2CCCN(c3ccc(F)cc3C)C2)cc1. The predicted octanol–water partition coefficient (Wildman–Crippen LogP) is 3.51. The van der Waals surface area contributed by atoms with Crippen LogP contribution < -0.4 is 10.2 Å². The van der Waals surface area contributed by atoms with E-state index in [2.05, 4.69) is 16.1 Å². The van der Waals surface area contributed by atoms with Crippen molar-refractivity contribution in [3.8, 4) is 12.3 Å².